The van der Waals surface area contributed by atoms with Gasteiger partial charge in [0.25, 0.3) is 0 Å². The topological polar surface area (TPSA) is 114 Å². The number of carbonyl (C=O) groups excluding carboxylic acids is 2. The van der Waals surface area contributed by atoms with Gasteiger partial charge in [0.15, 0.2) is 5.16 Å². The maximum atomic E-state index is 13.3. The number of imidazole rings is 1. The van der Waals surface area contributed by atoms with Crippen LogP contribution in [0.3, 0.4) is 0 Å². The molecule has 7 atom stereocenters. The molecule has 0 unspecified atom stereocenters. The molecular weight excluding hydrogens is 536 g/mol. The molecule has 2 N–H and O–H groups in total. The van der Waals surface area contributed by atoms with Gasteiger partial charge in [-0.25, -0.2) is 4.98 Å². The van der Waals surface area contributed by atoms with Crippen molar-refractivity contribution in [1.29, 1.82) is 0 Å². The summed E-state index contributed by atoms with van der Waals surface area (Å²) < 4.78 is 14.1. The minimum absolute atomic E-state index is 0.0702. The fourth-order valence-electron chi connectivity index (χ4n) is 5.61. The quantitative estimate of drug-likeness (QED) is 0.291. The molecule has 1 aromatic heterocycles. The van der Waals surface area contributed by atoms with Gasteiger partial charge in [-0.05, 0) is 56.8 Å². The molecule has 2 fully saturated rings. The van der Waals surface area contributed by atoms with E-state index >= 15 is 0 Å². The van der Waals surface area contributed by atoms with Gasteiger partial charge in [-0.2, -0.15) is 0 Å². The standard InChI is InChI=1S/C29H46N2O6S2/c1-16-11-10-12-29(6)22(37-29)14-20(17(2)13-19-26(38-8)31(7)27(30-19)39-9)36-23(33)15-21(32)28(4,5)25(35)18(3)24(16)34/h13,16,18,20-22,24,32,34H,10-12,14-15H2,1-9H3/b17-13+/t16-,18+,20-,21-,22-,24-,29+/m0/s1. The van der Waals surface area contributed by atoms with Crippen LogP contribution in [0.1, 0.15) is 79.3 Å². The number of esters is 1. The summed E-state index contributed by atoms with van der Waals surface area (Å²) in [5, 5.41) is 23.8. The molecule has 0 amide bonds. The number of fused-ring (bicyclic) bond motifs is 1. The van der Waals surface area contributed by atoms with Crippen molar-refractivity contribution < 1.29 is 29.3 Å². The van der Waals surface area contributed by atoms with Gasteiger partial charge < -0.3 is 24.3 Å². The Morgan fingerprint density at radius 1 is 1.15 bits per heavy atom. The molecule has 2 aliphatic heterocycles. The predicted molar refractivity (Wildman–Crippen MR) is 156 cm³/mol. The number of epoxide rings is 1. The third-order valence-electron chi connectivity index (χ3n) is 8.68. The van der Waals surface area contributed by atoms with Gasteiger partial charge in [0.05, 0.1) is 41.4 Å². The van der Waals surface area contributed by atoms with E-state index < -0.39 is 35.6 Å². The SMILES string of the molecule is CSc1nc(/C=C(\C)[C@@H]2C[C@@H]3O[C@]3(C)CCC[C@H](C)[C@H](O)[C@@H](C)C(=O)C(C)(C)[C@@H](O)CC(=O)O2)c(SC)n1C. The molecule has 0 bridgehead atoms. The summed E-state index contributed by atoms with van der Waals surface area (Å²) in [4.78, 5) is 31.2. The zero-order chi connectivity index (χ0) is 29.3. The van der Waals surface area contributed by atoms with E-state index in [1.54, 1.807) is 44.3 Å². The van der Waals surface area contributed by atoms with Crippen LogP contribution in [0.15, 0.2) is 15.8 Å². The summed E-state index contributed by atoms with van der Waals surface area (Å²) in [6.07, 6.45) is 5.87. The molecule has 3 heterocycles. The lowest BCUT2D eigenvalue weighted by molar-refractivity contribution is -0.154. The van der Waals surface area contributed by atoms with E-state index in [1.165, 1.54) is 0 Å². The smallest absolute Gasteiger partial charge is 0.309 e. The highest BCUT2D eigenvalue weighted by atomic mass is 32.2. The fraction of sp³-hybridized carbons (Fsp3) is 0.759. The summed E-state index contributed by atoms with van der Waals surface area (Å²) >= 11 is 3.18. The first kappa shape index (κ1) is 32.2. The second-order valence-corrected chi connectivity index (χ2v) is 13.6. The number of thioether (sulfide) groups is 2. The number of cyclic esters (lactones) is 1. The van der Waals surface area contributed by atoms with Crippen LogP contribution in [-0.4, -0.2) is 74.0 Å². The van der Waals surface area contributed by atoms with Crippen molar-refractivity contribution >= 4 is 41.4 Å². The molecule has 8 nitrogen and oxygen atoms in total. The Labute approximate surface area is 241 Å². The van der Waals surface area contributed by atoms with Crippen LogP contribution in [0.2, 0.25) is 0 Å². The van der Waals surface area contributed by atoms with Crippen molar-refractivity contribution in [3.63, 3.8) is 0 Å². The van der Waals surface area contributed by atoms with Gasteiger partial charge in [0.2, 0.25) is 0 Å². The van der Waals surface area contributed by atoms with Crippen molar-refractivity contribution in [3.8, 4) is 0 Å². The lowest BCUT2D eigenvalue weighted by Gasteiger charge is -2.34. The van der Waals surface area contributed by atoms with Crippen LogP contribution in [0.5, 0.6) is 0 Å². The van der Waals surface area contributed by atoms with Crippen LogP contribution in [0.25, 0.3) is 6.08 Å². The number of ketones is 1. The Balaban J connectivity index is 1.92. The van der Waals surface area contributed by atoms with Crippen LogP contribution in [-0.2, 0) is 26.1 Å². The molecule has 2 aliphatic rings. The van der Waals surface area contributed by atoms with E-state index in [4.69, 9.17) is 14.5 Å². The van der Waals surface area contributed by atoms with Crippen LogP contribution in [0, 0.1) is 17.3 Å². The Morgan fingerprint density at radius 3 is 2.44 bits per heavy atom. The summed E-state index contributed by atoms with van der Waals surface area (Å²) in [5.74, 6) is -1.58. The minimum Gasteiger partial charge on any atom is -0.458 e. The zero-order valence-electron chi connectivity index (χ0n) is 24.8. The summed E-state index contributed by atoms with van der Waals surface area (Å²) in [6, 6.07) is 0. The highest BCUT2D eigenvalue weighted by molar-refractivity contribution is 7.99. The van der Waals surface area contributed by atoms with E-state index in [-0.39, 0.29) is 29.8 Å². The number of hydrogen-bond acceptors (Lipinski definition) is 9. The maximum absolute atomic E-state index is 13.3. The van der Waals surface area contributed by atoms with Gasteiger partial charge in [0, 0.05) is 19.4 Å². The van der Waals surface area contributed by atoms with Crippen molar-refractivity contribution in [2.75, 3.05) is 12.5 Å². The molecule has 39 heavy (non-hydrogen) atoms. The molecule has 1 aromatic rings. The number of carbonyl (C=O) groups is 2. The second kappa shape index (κ2) is 12.7. The number of aliphatic hydroxyl groups excluding tert-OH is 2. The number of nitrogens with zero attached hydrogens (tertiary/aromatic N) is 2. The first-order valence-corrected chi connectivity index (χ1v) is 16.2. The van der Waals surface area contributed by atoms with E-state index in [0.29, 0.717) is 6.42 Å². The number of aliphatic hydroxyl groups is 2. The normalized spacial score (nSPS) is 34.9. The Morgan fingerprint density at radius 2 is 1.82 bits per heavy atom. The Kier molecular flexibility index (Phi) is 10.5. The molecule has 3 rings (SSSR count). The third-order valence-corrected chi connectivity index (χ3v) is 10.3. The van der Waals surface area contributed by atoms with Crippen molar-refractivity contribution in [1.82, 2.24) is 9.55 Å². The molecule has 220 valence electrons. The van der Waals surface area contributed by atoms with Crippen LogP contribution >= 0.6 is 23.5 Å². The zero-order valence-corrected chi connectivity index (χ0v) is 26.4. The van der Waals surface area contributed by atoms with E-state index in [2.05, 4.69) is 11.5 Å². The number of Topliss-reactive ketones (excluding diaryl/α,β-unsaturated/α-hetero) is 1. The molecule has 0 saturated carbocycles. The van der Waals surface area contributed by atoms with Gasteiger partial charge in [-0.3, -0.25) is 9.59 Å². The first-order chi connectivity index (χ1) is 18.2. The third kappa shape index (κ3) is 7.12. The van der Waals surface area contributed by atoms with E-state index in [0.717, 1.165) is 40.7 Å². The Hall–Kier alpha value is -1.33. The lowest BCUT2D eigenvalue weighted by Crippen LogP contribution is -2.45. The summed E-state index contributed by atoms with van der Waals surface area (Å²) in [7, 11) is 1.98. The van der Waals surface area contributed by atoms with Crippen LogP contribution < -0.4 is 0 Å². The highest BCUT2D eigenvalue weighted by Gasteiger charge is 2.53. The van der Waals surface area contributed by atoms with E-state index in [9.17, 15) is 19.8 Å². The summed E-state index contributed by atoms with van der Waals surface area (Å²) in [6.45, 7) is 10.9. The number of aromatic nitrogens is 2. The molecule has 0 aliphatic carbocycles. The maximum Gasteiger partial charge on any atom is 0.309 e. The van der Waals surface area contributed by atoms with Crippen molar-refractivity contribution in [2.24, 2.45) is 24.3 Å². The molecule has 0 radical (unpaired) electrons. The average Bonchev–Trinajstić information content (AvgIpc) is 3.41. The largest absolute Gasteiger partial charge is 0.458 e. The van der Waals surface area contributed by atoms with Crippen LogP contribution in [0.4, 0.5) is 0 Å². The highest BCUT2D eigenvalue weighted by Crippen LogP contribution is 2.45. The molecule has 2 saturated heterocycles. The van der Waals surface area contributed by atoms with Gasteiger partial charge in [-0.15, -0.1) is 11.8 Å². The molecule has 0 aromatic carbocycles. The first-order valence-electron chi connectivity index (χ1n) is 13.8. The monoisotopic (exact) mass is 582 g/mol. The van der Waals surface area contributed by atoms with Gasteiger partial charge >= 0.3 is 5.97 Å². The number of rotatable bonds is 4. The Bertz CT molecular complexity index is 1090. The molecule has 10 heteroatoms. The second-order valence-electron chi connectivity index (χ2n) is 12.0. The predicted octanol–water partition coefficient (Wildman–Crippen LogP) is 4.89. The van der Waals surface area contributed by atoms with E-state index in [1.807, 2.05) is 39.5 Å². The molecule has 0 spiro atoms. The summed E-state index contributed by atoms with van der Waals surface area (Å²) in [5.41, 5.74) is 0.128. The van der Waals surface area contributed by atoms with Crippen molar-refractivity contribution in [3.05, 3.63) is 11.3 Å². The number of hydrogen-bond donors (Lipinski definition) is 2. The van der Waals surface area contributed by atoms with Gasteiger partial charge in [-0.1, -0.05) is 45.9 Å². The number of ether oxygens (including phenoxy) is 2. The van der Waals surface area contributed by atoms with Crippen molar-refractivity contribution in [2.45, 2.75) is 114 Å². The average molecular weight is 583 g/mol. The molecular formula is C29H46N2O6S2. The van der Waals surface area contributed by atoms with Gasteiger partial charge in [0.1, 0.15) is 16.9 Å². The lowest BCUT2D eigenvalue weighted by atomic mass is 9.73. The minimum atomic E-state index is -1.24. The fourth-order valence-corrected chi connectivity index (χ4v) is 6.89.